The highest BCUT2D eigenvalue weighted by molar-refractivity contribution is 5.95. The minimum atomic E-state index is -0.966. The van der Waals surface area contributed by atoms with Crippen LogP contribution in [0.4, 0.5) is 0 Å². The molecule has 0 unspecified atom stereocenters. The fourth-order valence-corrected chi connectivity index (χ4v) is 7.27. The second-order valence-corrected chi connectivity index (χ2v) is 14.8. The first-order chi connectivity index (χ1) is 24.1. The standard InChI is InChI=1S/C42H62N2O6/c1-5-6-7-8-9-10-11-12-13-25-40(47)43-36(27-32-22-18-21-31-19-14-16-23-35(31)32)39(46)29-34(26-30(2)3)41(48)44-37(42(49)50-4)28-33-20-15-17-24-38(33)45/h14,16,18-19,21-23,30,33-34,36-37H,5-13,15,17,20,24-29H2,1-4H3,(H,43,47)(H,44,48)/t33-,34+,36-,37-/m0/s1. The van der Waals surface area contributed by atoms with Gasteiger partial charge in [0, 0.05) is 37.5 Å². The Bertz CT molecular complexity index is 1380. The minimum absolute atomic E-state index is 0.0754. The second-order valence-electron chi connectivity index (χ2n) is 14.8. The van der Waals surface area contributed by atoms with Crippen molar-refractivity contribution in [2.75, 3.05) is 7.11 Å². The summed E-state index contributed by atoms with van der Waals surface area (Å²) in [5.74, 6) is -2.16. The molecule has 0 bridgehead atoms. The number of carbonyl (C=O) groups is 5. The summed E-state index contributed by atoms with van der Waals surface area (Å²) in [6.07, 6.45) is 14.5. The molecule has 0 radical (unpaired) electrons. The summed E-state index contributed by atoms with van der Waals surface area (Å²) in [6.45, 7) is 6.20. The van der Waals surface area contributed by atoms with E-state index in [0.717, 1.165) is 48.4 Å². The summed E-state index contributed by atoms with van der Waals surface area (Å²) in [5.41, 5.74) is 0.956. The zero-order chi connectivity index (χ0) is 36.3. The van der Waals surface area contributed by atoms with Crippen molar-refractivity contribution in [3.63, 3.8) is 0 Å². The molecular weight excluding hydrogens is 628 g/mol. The maximum Gasteiger partial charge on any atom is 0.328 e. The van der Waals surface area contributed by atoms with Crippen LogP contribution in [-0.4, -0.2) is 48.5 Å². The number of fused-ring (bicyclic) bond motifs is 1. The van der Waals surface area contributed by atoms with E-state index in [0.29, 0.717) is 32.1 Å². The Morgan fingerprint density at radius 3 is 2.20 bits per heavy atom. The van der Waals surface area contributed by atoms with Crippen LogP contribution < -0.4 is 10.6 Å². The van der Waals surface area contributed by atoms with Gasteiger partial charge in [-0.2, -0.15) is 0 Å². The Hall–Kier alpha value is -3.55. The molecule has 0 aliphatic heterocycles. The Morgan fingerprint density at radius 2 is 1.52 bits per heavy atom. The lowest BCUT2D eigenvalue weighted by Gasteiger charge is -2.27. The Balaban J connectivity index is 1.72. The minimum Gasteiger partial charge on any atom is -0.467 e. The van der Waals surface area contributed by atoms with Crippen LogP contribution >= 0.6 is 0 Å². The predicted molar refractivity (Wildman–Crippen MR) is 200 cm³/mol. The first-order valence-electron chi connectivity index (χ1n) is 19.3. The van der Waals surface area contributed by atoms with Crippen LogP contribution in [0.5, 0.6) is 0 Å². The molecule has 0 spiro atoms. The number of rotatable bonds is 23. The van der Waals surface area contributed by atoms with Crippen molar-refractivity contribution < 1.29 is 28.7 Å². The van der Waals surface area contributed by atoms with E-state index in [1.807, 2.05) is 56.3 Å². The normalized spacial score (nSPS) is 16.5. The van der Waals surface area contributed by atoms with E-state index in [1.54, 1.807) is 0 Å². The van der Waals surface area contributed by atoms with Crippen LogP contribution in [0.2, 0.25) is 0 Å². The van der Waals surface area contributed by atoms with E-state index in [9.17, 15) is 24.0 Å². The van der Waals surface area contributed by atoms with Gasteiger partial charge in [-0.05, 0) is 54.4 Å². The van der Waals surface area contributed by atoms with E-state index in [2.05, 4.69) is 17.6 Å². The summed E-state index contributed by atoms with van der Waals surface area (Å²) < 4.78 is 5.01. The fraction of sp³-hybridized carbons (Fsp3) is 0.643. The summed E-state index contributed by atoms with van der Waals surface area (Å²) in [5, 5.41) is 7.98. The average molecular weight is 691 g/mol. The summed E-state index contributed by atoms with van der Waals surface area (Å²) in [6, 6.07) is 12.2. The first-order valence-corrected chi connectivity index (χ1v) is 19.3. The number of ether oxygens (including phenoxy) is 1. The first kappa shape index (κ1) is 40.9. The maximum atomic E-state index is 14.1. The number of unbranched alkanes of at least 4 members (excludes halogenated alkanes) is 8. The van der Waals surface area contributed by atoms with E-state index in [-0.39, 0.29) is 42.2 Å². The lowest BCUT2D eigenvalue weighted by molar-refractivity contribution is -0.146. The molecule has 4 atom stereocenters. The number of hydrogen-bond acceptors (Lipinski definition) is 6. The quantitative estimate of drug-likeness (QED) is 0.0896. The highest BCUT2D eigenvalue weighted by Crippen LogP contribution is 2.26. The molecule has 0 heterocycles. The third kappa shape index (κ3) is 14.0. The molecule has 0 aromatic heterocycles. The van der Waals surface area contributed by atoms with Crippen molar-refractivity contribution >= 4 is 40.1 Å². The molecule has 1 saturated carbocycles. The zero-order valence-corrected chi connectivity index (χ0v) is 31.1. The summed E-state index contributed by atoms with van der Waals surface area (Å²) >= 11 is 0. The molecule has 1 aliphatic rings. The molecule has 0 saturated heterocycles. The van der Waals surface area contributed by atoms with E-state index in [1.165, 1.54) is 45.6 Å². The molecule has 2 aromatic rings. The molecule has 2 N–H and O–H groups in total. The lowest BCUT2D eigenvalue weighted by Crippen LogP contribution is -2.48. The Morgan fingerprint density at radius 1 is 0.840 bits per heavy atom. The van der Waals surface area contributed by atoms with Crippen molar-refractivity contribution in [2.45, 2.75) is 148 Å². The maximum absolute atomic E-state index is 14.1. The van der Waals surface area contributed by atoms with Crippen LogP contribution in [0.25, 0.3) is 10.8 Å². The van der Waals surface area contributed by atoms with Crippen molar-refractivity contribution in [1.29, 1.82) is 0 Å². The number of hydrogen-bond donors (Lipinski definition) is 2. The van der Waals surface area contributed by atoms with Crippen molar-refractivity contribution in [3.05, 3.63) is 48.0 Å². The van der Waals surface area contributed by atoms with Gasteiger partial charge in [0.05, 0.1) is 13.2 Å². The van der Waals surface area contributed by atoms with Crippen molar-refractivity contribution in [2.24, 2.45) is 17.8 Å². The molecule has 1 aliphatic carbocycles. The Kier molecular flexibility index (Phi) is 18.2. The molecule has 2 aromatic carbocycles. The number of methoxy groups -OCH3 is 1. The van der Waals surface area contributed by atoms with Gasteiger partial charge < -0.3 is 15.4 Å². The van der Waals surface area contributed by atoms with E-state index in [4.69, 9.17) is 4.74 Å². The van der Waals surface area contributed by atoms with Crippen LogP contribution in [0.3, 0.4) is 0 Å². The van der Waals surface area contributed by atoms with Gasteiger partial charge in [0.1, 0.15) is 11.8 Å². The van der Waals surface area contributed by atoms with E-state index < -0.39 is 29.9 Å². The average Bonchev–Trinajstić information content (AvgIpc) is 3.10. The van der Waals surface area contributed by atoms with Gasteiger partial charge in [-0.15, -0.1) is 0 Å². The molecule has 8 heteroatoms. The van der Waals surface area contributed by atoms with E-state index >= 15 is 0 Å². The highest BCUT2D eigenvalue weighted by Gasteiger charge is 2.34. The second kappa shape index (κ2) is 22.3. The summed E-state index contributed by atoms with van der Waals surface area (Å²) in [7, 11) is 1.27. The van der Waals surface area contributed by atoms with Crippen molar-refractivity contribution in [3.8, 4) is 0 Å². The van der Waals surface area contributed by atoms with Crippen LogP contribution in [0.15, 0.2) is 42.5 Å². The molecule has 2 amide bonds. The molecule has 50 heavy (non-hydrogen) atoms. The van der Waals surface area contributed by atoms with Gasteiger partial charge in [0.15, 0.2) is 5.78 Å². The molecular formula is C42H62N2O6. The van der Waals surface area contributed by atoms with Gasteiger partial charge in [-0.3, -0.25) is 19.2 Å². The van der Waals surface area contributed by atoms with Gasteiger partial charge >= 0.3 is 5.97 Å². The van der Waals surface area contributed by atoms with Gasteiger partial charge in [0.25, 0.3) is 0 Å². The number of Topliss-reactive ketones (excluding diaryl/α,β-unsaturated/α-hetero) is 2. The highest BCUT2D eigenvalue weighted by atomic mass is 16.5. The van der Waals surface area contributed by atoms with Crippen molar-refractivity contribution in [1.82, 2.24) is 10.6 Å². The molecule has 276 valence electrons. The van der Waals surface area contributed by atoms with Gasteiger partial charge in [-0.25, -0.2) is 4.79 Å². The number of benzene rings is 2. The van der Waals surface area contributed by atoms with Crippen LogP contribution in [0, 0.1) is 17.8 Å². The zero-order valence-electron chi connectivity index (χ0n) is 31.1. The number of amides is 2. The predicted octanol–water partition coefficient (Wildman–Crippen LogP) is 8.22. The molecule has 1 fully saturated rings. The Labute approximate surface area is 300 Å². The molecule has 3 rings (SSSR count). The van der Waals surface area contributed by atoms with Gasteiger partial charge in [0.2, 0.25) is 11.8 Å². The third-order valence-corrected chi connectivity index (χ3v) is 10.1. The monoisotopic (exact) mass is 690 g/mol. The number of nitrogens with one attached hydrogen (secondary N) is 2. The third-order valence-electron chi connectivity index (χ3n) is 10.1. The topological polar surface area (TPSA) is 119 Å². The smallest absolute Gasteiger partial charge is 0.328 e. The number of ketones is 2. The largest absolute Gasteiger partial charge is 0.467 e. The number of esters is 1. The van der Waals surface area contributed by atoms with Crippen LogP contribution in [0.1, 0.15) is 135 Å². The lowest BCUT2D eigenvalue weighted by atomic mass is 9.83. The number of carbonyl (C=O) groups excluding carboxylic acids is 5. The fourth-order valence-electron chi connectivity index (χ4n) is 7.27. The summed E-state index contributed by atoms with van der Waals surface area (Å²) in [4.78, 5) is 66.5. The SMILES string of the molecule is CCCCCCCCCCCC(=O)N[C@@H](Cc1cccc2ccccc12)C(=O)C[C@@H](CC(C)C)C(=O)N[C@@H](C[C@@H]1CCCCC1=O)C(=O)OC. The van der Waals surface area contributed by atoms with Crippen LogP contribution in [-0.2, 0) is 35.1 Å². The van der Waals surface area contributed by atoms with Gasteiger partial charge in [-0.1, -0.05) is 121 Å². The molecule has 8 nitrogen and oxygen atoms in total.